The van der Waals surface area contributed by atoms with Crippen LogP contribution in [0.2, 0.25) is 0 Å². The Balaban J connectivity index is 1.22. The maximum atomic E-state index is 5.50. The largest absolute Gasteiger partial charge is 0.276 e. The Labute approximate surface area is 299 Å². The van der Waals surface area contributed by atoms with Crippen LogP contribution in [0.1, 0.15) is 24.3 Å². The van der Waals surface area contributed by atoms with E-state index in [1.165, 1.54) is 64.3 Å². The fraction of sp³-hybridized carbons (Fsp3) is 0.0638. The zero-order chi connectivity index (χ0) is 33.8. The molecule has 3 heterocycles. The summed E-state index contributed by atoms with van der Waals surface area (Å²) in [6, 6.07) is 54.6. The van der Waals surface area contributed by atoms with Crippen molar-refractivity contribution in [1.29, 1.82) is 0 Å². The minimum Gasteiger partial charge on any atom is -0.276 e. The first kappa shape index (κ1) is 28.7. The number of benzene rings is 7. The Morgan fingerprint density at radius 2 is 1.27 bits per heavy atom. The van der Waals surface area contributed by atoms with Gasteiger partial charge in [0.1, 0.15) is 0 Å². The molecule has 0 fully saturated rings. The Morgan fingerprint density at radius 1 is 0.549 bits per heavy atom. The van der Waals surface area contributed by atoms with E-state index in [-0.39, 0.29) is 5.41 Å². The van der Waals surface area contributed by atoms with Crippen LogP contribution < -0.4 is 0 Å². The van der Waals surface area contributed by atoms with Crippen LogP contribution >= 0.6 is 11.3 Å². The lowest BCUT2D eigenvalue weighted by molar-refractivity contribution is 0.674. The molecule has 7 aromatic carbocycles. The quantitative estimate of drug-likeness (QED) is 0.187. The third kappa shape index (κ3) is 3.99. The van der Waals surface area contributed by atoms with Crippen molar-refractivity contribution < 1.29 is 0 Å². The van der Waals surface area contributed by atoms with Crippen LogP contribution in [0, 0.1) is 0 Å². The number of thiophene rings is 1. The van der Waals surface area contributed by atoms with Crippen LogP contribution in [-0.2, 0) is 5.41 Å². The second-order valence-corrected chi connectivity index (χ2v) is 15.2. The van der Waals surface area contributed by atoms with E-state index >= 15 is 0 Å². The van der Waals surface area contributed by atoms with E-state index in [0.717, 1.165) is 33.2 Å². The summed E-state index contributed by atoms with van der Waals surface area (Å²) in [6.07, 6.45) is 0. The molecule has 0 saturated carbocycles. The van der Waals surface area contributed by atoms with E-state index in [1.807, 2.05) is 11.3 Å². The highest BCUT2D eigenvalue weighted by Gasteiger charge is 2.39. The number of aromatic nitrogens is 3. The molecule has 3 aromatic heterocycles. The summed E-state index contributed by atoms with van der Waals surface area (Å²) in [5, 5.41) is 7.23. The van der Waals surface area contributed by atoms with Crippen molar-refractivity contribution in [2.45, 2.75) is 19.3 Å². The molecule has 0 bridgehead atoms. The fourth-order valence-corrected chi connectivity index (χ4v) is 10.0. The van der Waals surface area contributed by atoms with E-state index in [4.69, 9.17) is 9.97 Å². The molecule has 1 aliphatic rings. The summed E-state index contributed by atoms with van der Waals surface area (Å²) in [5.41, 5.74) is 11.6. The molecule has 1 aliphatic carbocycles. The molecular formula is C47H31N3S. The standard InChI is InChI=1S/C47H31N3S/c1-47(2)38-21-10-8-19-35(38)41-36-25-24-34-33-18-9-11-22-40(33)50(43(34)44(36)51-45(41)47)46-48-39-26-23-30(32-20-12-16-28-13-6-7-17-31(28)32)27-37(39)42(49-46)29-14-4-3-5-15-29/h3-27H,1-2H3. The Kier molecular flexibility index (Phi) is 5.89. The van der Waals surface area contributed by atoms with Gasteiger partial charge in [-0.25, -0.2) is 9.97 Å². The molecule has 0 unspecified atom stereocenters. The van der Waals surface area contributed by atoms with Crippen molar-refractivity contribution in [3.63, 3.8) is 0 Å². The Morgan fingerprint density at radius 3 is 2.18 bits per heavy atom. The Bertz CT molecular complexity index is 3050. The molecule has 51 heavy (non-hydrogen) atoms. The molecule has 4 heteroatoms. The van der Waals surface area contributed by atoms with Crippen LogP contribution in [0.3, 0.4) is 0 Å². The van der Waals surface area contributed by atoms with Crippen molar-refractivity contribution in [2.75, 3.05) is 0 Å². The lowest BCUT2D eigenvalue weighted by Gasteiger charge is -2.19. The van der Waals surface area contributed by atoms with Crippen molar-refractivity contribution in [3.8, 4) is 39.5 Å². The van der Waals surface area contributed by atoms with Gasteiger partial charge in [0, 0.05) is 43.0 Å². The number of nitrogens with zero attached hydrogens (tertiary/aromatic N) is 3. The second-order valence-electron chi connectivity index (χ2n) is 14.2. The van der Waals surface area contributed by atoms with Gasteiger partial charge in [-0.15, -0.1) is 11.3 Å². The number of hydrogen-bond acceptors (Lipinski definition) is 3. The van der Waals surface area contributed by atoms with Crippen LogP contribution in [0.15, 0.2) is 152 Å². The maximum Gasteiger partial charge on any atom is 0.235 e. The molecule has 0 atom stereocenters. The van der Waals surface area contributed by atoms with Gasteiger partial charge in [0.15, 0.2) is 0 Å². The van der Waals surface area contributed by atoms with E-state index in [1.54, 1.807) is 0 Å². The van der Waals surface area contributed by atoms with E-state index < -0.39 is 0 Å². The molecule has 0 aliphatic heterocycles. The van der Waals surface area contributed by atoms with Gasteiger partial charge in [-0.3, -0.25) is 4.57 Å². The van der Waals surface area contributed by atoms with Gasteiger partial charge >= 0.3 is 0 Å². The average Bonchev–Trinajstić information content (AvgIpc) is 3.81. The third-order valence-corrected chi connectivity index (χ3v) is 12.5. The molecule has 10 aromatic rings. The lowest BCUT2D eigenvalue weighted by Crippen LogP contribution is -2.13. The number of para-hydroxylation sites is 1. The van der Waals surface area contributed by atoms with E-state index in [0.29, 0.717) is 5.95 Å². The normalized spacial score (nSPS) is 13.5. The minimum absolute atomic E-state index is 0.0690. The summed E-state index contributed by atoms with van der Waals surface area (Å²) in [5.74, 6) is 0.686. The molecule has 3 nitrogen and oxygen atoms in total. The molecule has 0 radical (unpaired) electrons. The topological polar surface area (TPSA) is 30.7 Å². The van der Waals surface area contributed by atoms with Gasteiger partial charge in [-0.1, -0.05) is 147 Å². The second kappa shape index (κ2) is 10.5. The monoisotopic (exact) mass is 669 g/mol. The summed E-state index contributed by atoms with van der Waals surface area (Å²) in [7, 11) is 0. The first-order valence-corrected chi connectivity index (χ1v) is 18.3. The summed E-state index contributed by atoms with van der Waals surface area (Å²) < 4.78 is 3.61. The van der Waals surface area contributed by atoms with Gasteiger partial charge in [0.25, 0.3) is 0 Å². The smallest absolute Gasteiger partial charge is 0.235 e. The SMILES string of the molecule is CC1(C)c2ccccc2-c2c1sc1c2ccc2c3ccccc3n(-c3nc(-c4ccccc4)c4cc(-c5cccc6ccccc56)ccc4n3)c21. The van der Waals surface area contributed by atoms with Crippen molar-refractivity contribution >= 4 is 64.9 Å². The van der Waals surface area contributed by atoms with Gasteiger partial charge in [0.05, 0.1) is 26.9 Å². The molecule has 11 rings (SSSR count). The molecule has 240 valence electrons. The molecule has 0 saturated heterocycles. The van der Waals surface area contributed by atoms with Gasteiger partial charge < -0.3 is 0 Å². The first-order valence-electron chi connectivity index (χ1n) is 17.5. The van der Waals surface area contributed by atoms with Gasteiger partial charge in [-0.2, -0.15) is 0 Å². The van der Waals surface area contributed by atoms with Crippen LogP contribution in [0.4, 0.5) is 0 Å². The van der Waals surface area contributed by atoms with Crippen molar-refractivity contribution in [1.82, 2.24) is 14.5 Å². The van der Waals surface area contributed by atoms with Gasteiger partial charge in [0.2, 0.25) is 5.95 Å². The fourth-order valence-electron chi connectivity index (χ4n) is 8.56. The molecule has 0 N–H and O–H groups in total. The van der Waals surface area contributed by atoms with Crippen molar-refractivity contribution in [2.24, 2.45) is 0 Å². The highest BCUT2D eigenvalue weighted by atomic mass is 32.1. The van der Waals surface area contributed by atoms with Gasteiger partial charge in [-0.05, 0) is 51.2 Å². The lowest BCUT2D eigenvalue weighted by atomic mass is 9.87. The molecule has 0 amide bonds. The van der Waals surface area contributed by atoms with Crippen LogP contribution in [0.25, 0.3) is 93.0 Å². The number of fused-ring (bicyclic) bond motifs is 11. The first-order chi connectivity index (χ1) is 25.1. The number of hydrogen-bond donors (Lipinski definition) is 0. The summed E-state index contributed by atoms with van der Waals surface area (Å²) in [6.45, 7) is 4.73. The molecular weight excluding hydrogens is 639 g/mol. The Hall–Kier alpha value is -6.10. The minimum atomic E-state index is -0.0690. The maximum absolute atomic E-state index is 5.50. The predicted molar refractivity (Wildman–Crippen MR) is 215 cm³/mol. The van der Waals surface area contributed by atoms with Crippen LogP contribution in [-0.4, -0.2) is 14.5 Å². The number of rotatable bonds is 3. The predicted octanol–water partition coefficient (Wildman–Crippen LogP) is 12.7. The highest BCUT2D eigenvalue weighted by molar-refractivity contribution is 7.21. The van der Waals surface area contributed by atoms with Crippen LogP contribution in [0.5, 0.6) is 0 Å². The summed E-state index contributed by atoms with van der Waals surface area (Å²) >= 11 is 1.93. The zero-order valence-corrected chi connectivity index (χ0v) is 29.0. The zero-order valence-electron chi connectivity index (χ0n) is 28.2. The summed E-state index contributed by atoms with van der Waals surface area (Å²) in [4.78, 5) is 12.3. The van der Waals surface area contributed by atoms with E-state index in [9.17, 15) is 0 Å². The average molecular weight is 670 g/mol. The third-order valence-electron chi connectivity index (χ3n) is 11.0. The molecule has 0 spiro atoms. The highest BCUT2D eigenvalue weighted by Crippen LogP contribution is 2.56. The van der Waals surface area contributed by atoms with Crippen molar-refractivity contribution in [3.05, 3.63) is 162 Å². The van der Waals surface area contributed by atoms with E-state index in [2.05, 4.69) is 170 Å².